The number of methoxy groups -OCH3 is 1. The van der Waals surface area contributed by atoms with E-state index in [0.717, 1.165) is 25.7 Å². The predicted molar refractivity (Wildman–Crippen MR) is 71.0 cm³/mol. The molecule has 0 atom stereocenters. The molecule has 19 heavy (non-hydrogen) atoms. The topological polar surface area (TPSA) is 87.7 Å². The molecule has 2 amide bonds. The number of urea groups is 1. The zero-order valence-corrected chi connectivity index (χ0v) is 11.5. The molecule has 0 aromatic carbocycles. The summed E-state index contributed by atoms with van der Waals surface area (Å²) in [6.45, 7) is 1.35. The van der Waals surface area contributed by atoms with Gasteiger partial charge in [-0.2, -0.15) is 0 Å². The summed E-state index contributed by atoms with van der Waals surface area (Å²) in [4.78, 5) is 22.4. The number of nitrogens with one attached hydrogen (secondary N) is 2. The van der Waals surface area contributed by atoms with Gasteiger partial charge < -0.3 is 20.5 Å². The minimum atomic E-state index is -0.721. The van der Waals surface area contributed by atoms with Crippen LogP contribution in [0.3, 0.4) is 0 Å². The van der Waals surface area contributed by atoms with Gasteiger partial charge in [-0.15, -0.1) is 0 Å². The Morgan fingerprint density at radius 3 is 2.47 bits per heavy atom. The Bertz CT molecular complexity index is 288. The van der Waals surface area contributed by atoms with Gasteiger partial charge in [0.15, 0.2) is 0 Å². The van der Waals surface area contributed by atoms with Crippen molar-refractivity contribution in [3.63, 3.8) is 0 Å². The summed E-state index contributed by atoms with van der Waals surface area (Å²) in [6, 6.07) is -0.0502. The number of ether oxygens (including phenoxy) is 1. The highest BCUT2D eigenvalue weighted by molar-refractivity contribution is 5.74. The number of aliphatic carboxylic acids is 1. The molecule has 3 N–H and O–H groups in total. The van der Waals surface area contributed by atoms with E-state index in [1.54, 1.807) is 7.11 Å². The number of carboxylic acids is 1. The molecule has 6 nitrogen and oxygen atoms in total. The lowest BCUT2D eigenvalue weighted by atomic mass is 9.86. The molecule has 6 heteroatoms. The standard InChI is InChI=1S/C13H24N2O4/c1-19-9-3-2-8-14-13(18)15-11-6-4-10(5-7-11)12(16)17/h10-11H,2-9H2,1H3,(H,16,17)(H2,14,15,18). The van der Waals surface area contributed by atoms with Crippen LogP contribution in [0.25, 0.3) is 0 Å². The van der Waals surface area contributed by atoms with Crippen molar-refractivity contribution < 1.29 is 19.4 Å². The van der Waals surface area contributed by atoms with Gasteiger partial charge >= 0.3 is 12.0 Å². The highest BCUT2D eigenvalue weighted by Gasteiger charge is 2.26. The maximum atomic E-state index is 11.6. The minimum Gasteiger partial charge on any atom is -0.481 e. The average molecular weight is 272 g/mol. The molecule has 0 aromatic rings. The number of carbonyl (C=O) groups is 2. The van der Waals surface area contributed by atoms with Crippen molar-refractivity contribution in [3.05, 3.63) is 0 Å². The number of unbranched alkanes of at least 4 members (excludes halogenated alkanes) is 1. The van der Waals surface area contributed by atoms with Gasteiger partial charge in [-0.05, 0) is 38.5 Å². The quantitative estimate of drug-likeness (QED) is 0.611. The number of amides is 2. The smallest absolute Gasteiger partial charge is 0.315 e. The van der Waals surface area contributed by atoms with Crippen LogP contribution in [-0.4, -0.2) is 43.4 Å². The number of rotatable bonds is 7. The summed E-state index contributed by atoms with van der Waals surface area (Å²) in [7, 11) is 1.66. The fourth-order valence-electron chi connectivity index (χ4n) is 2.29. The van der Waals surface area contributed by atoms with Gasteiger partial charge in [0.05, 0.1) is 5.92 Å². The second-order valence-electron chi connectivity index (χ2n) is 4.99. The lowest BCUT2D eigenvalue weighted by molar-refractivity contribution is -0.142. The number of hydrogen-bond acceptors (Lipinski definition) is 3. The molecule has 0 unspecified atom stereocenters. The van der Waals surface area contributed by atoms with E-state index in [1.165, 1.54) is 0 Å². The van der Waals surface area contributed by atoms with E-state index in [-0.39, 0.29) is 18.0 Å². The molecule has 0 bridgehead atoms. The molecular weight excluding hydrogens is 248 g/mol. The first-order valence-electron chi connectivity index (χ1n) is 6.89. The van der Waals surface area contributed by atoms with E-state index >= 15 is 0 Å². The average Bonchev–Trinajstić information content (AvgIpc) is 2.39. The lowest BCUT2D eigenvalue weighted by Gasteiger charge is -2.26. The lowest BCUT2D eigenvalue weighted by Crippen LogP contribution is -2.44. The van der Waals surface area contributed by atoms with Crippen LogP contribution in [0, 0.1) is 5.92 Å². The van der Waals surface area contributed by atoms with Crippen LogP contribution in [0.5, 0.6) is 0 Å². The number of hydrogen-bond donors (Lipinski definition) is 3. The van der Waals surface area contributed by atoms with E-state index in [9.17, 15) is 9.59 Å². The molecule has 0 aromatic heterocycles. The molecule has 0 heterocycles. The van der Waals surface area contributed by atoms with Crippen LogP contribution in [-0.2, 0) is 9.53 Å². The first kappa shape index (κ1) is 15.8. The normalized spacial score (nSPS) is 22.8. The fraction of sp³-hybridized carbons (Fsp3) is 0.846. The summed E-state index contributed by atoms with van der Waals surface area (Å²) < 4.78 is 4.92. The summed E-state index contributed by atoms with van der Waals surface area (Å²) in [5, 5.41) is 14.6. The van der Waals surface area contributed by atoms with Crippen LogP contribution >= 0.6 is 0 Å². The van der Waals surface area contributed by atoms with Crippen molar-refractivity contribution in [1.29, 1.82) is 0 Å². The zero-order valence-electron chi connectivity index (χ0n) is 11.5. The van der Waals surface area contributed by atoms with Gasteiger partial charge in [0.25, 0.3) is 0 Å². The largest absolute Gasteiger partial charge is 0.481 e. The first-order chi connectivity index (χ1) is 9.13. The summed E-state index contributed by atoms with van der Waals surface area (Å²) in [6.07, 6.45) is 4.61. The van der Waals surface area contributed by atoms with E-state index in [4.69, 9.17) is 9.84 Å². The third kappa shape index (κ3) is 6.42. The van der Waals surface area contributed by atoms with Gasteiger partial charge in [0.2, 0.25) is 0 Å². The second kappa shape index (κ2) is 8.74. The van der Waals surface area contributed by atoms with Crippen LogP contribution in [0.15, 0.2) is 0 Å². The number of carboxylic acid groups (broad SMARTS) is 1. The van der Waals surface area contributed by atoms with E-state index in [0.29, 0.717) is 26.0 Å². The van der Waals surface area contributed by atoms with Crippen LogP contribution in [0.1, 0.15) is 38.5 Å². The van der Waals surface area contributed by atoms with E-state index in [2.05, 4.69) is 10.6 Å². The Balaban J connectivity index is 2.08. The summed E-state index contributed by atoms with van der Waals surface area (Å²) >= 11 is 0. The Labute approximate surface area is 113 Å². The van der Waals surface area contributed by atoms with Crippen molar-refractivity contribution in [2.75, 3.05) is 20.3 Å². The second-order valence-corrected chi connectivity index (χ2v) is 4.99. The van der Waals surface area contributed by atoms with Gasteiger partial charge in [0, 0.05) is 26.3 Å². The van der Waals surface area contributed by atoms with E-state index < -0.39 is 5.97 Å². The molecule has 1 saturated carbocycles. The van der Waals surface area contributed by atoms with Crippen molar-refractivity contribution in [2.24, 2.45) is 5.92 Å². The molecule has 1 aliphatic carbocycles. The molecule has 0 radical (unpaired) electrons. The van der Waals surface area contributed by atoms with Crippen molar-refractivity contribution in [3.8, 4) is 0 Å². The minimum absolute atomic E-state index is 0.106. The predicted octanol–water partition coefficient (Wildman–Crippen LogP) is 1.36. The van der Waals surface area contributed by atoms with Gasteiger partial charge in [-0.1, -0.05) is 0 Å². The highest BCUT2D eigenvalue weighted by atomic mass is 16.5. The van der Waals surface area contributed by atoms with Crippen molar-refractivity contribution in [2.45, 2.75) is 44.6 Å². The first-order valence-corrected chi connectivity index (χ1v) is 6.89. The Kier molecular flexibility index (Phi) is 7.25. The molecule has 1 aliphatic rings. The Hall–Kier alpha value is -1.30. The summed E-state index contributed by atoms with van der Waals surface area (Å²) in [5.41, 5.74) is 0. The monoisotopic (exact) mass is 272 g/mol. The molecule has 1 rings (SSSR count). The third-order valence-electron chi connectivity index (χ3n) is 3.47. The van der Waals surface area contributed by atoms with Gasteiger partial charge in [0.1, 0.15) is 0 Å². The van der Waals surface area contributed by atoms with Gasteiger partial charge in [-0.25, -0.2) is 4.79 Å². The summed E-state index contributed by atoms with van der Waals surface area (Å²) in [5.74, 6) is -0.962. The fourth-order valence-corrected chi connectivity index (χ4v) is 2.29. The Morgan fingerprint density at radius 2 is 1.89 bits per heavy atom. The SMILES string of the molecule is COCCCCNC(=O)NC1CCC(C(=O)O)CC1. The zero-order chi connectivity index (χ0) is 14.1. The molecule has 0 saturated heterocycles. The van der Waals surface area contributed by atoms with Gasteiger partial charge in [-0.3, -0.25) is 4.79 Å². The number of carbonyl (C=O) groups excluding carboxylic acids is 1. The van der Waals surface area contributed by atoms with Crippen LogP contribution in [0.4, 0.5) is 4.79 Å². The molecule has 0 spiro atoms. The molecule has 110 valence electrons. The molecule has 0 aliphatic heterocycles. The maximum Gasteiger partial charge on any atom is 0.315 e. The van der Waals surface area contributed by atoms with E-state index in [1.807, 2.05) is 0 Å². The highest BCUT2D eigenvalue weighted by Crippen LogP contribution is 2.24. The van der Waals surface area contributed by atoms with Crippen LogP contribution < -0.4 is 10.6 Å². The van der Waals surface area contributed by atoms with Crippen molar-refractivity contribution in [1.82, 2.24) is 10.6 Å². The third-order valence-corrected chi connectivity index (χ3v) is 3.47. The molecular formula is C13H24N2O4. The van der Waals surface area contributed by atoms with Crippen molar-refractivity contribution >= 4 is 12.0 Å². The maximum absolute atomic E-state index is 11.6. The Morgan fingerprint density at radius 1 is 1.21 bits per heavy atom. The molecule has 1 fully saturated rings. The van der Waals surface area contributed by atoms with Crippen LogP contribution in [0.2, 0.25) is 0 Å².